The molecule has 1 heterocycles. The predicted molar refractivity (Wildman–Crippen MR) is 119 cm³/mol. The van der Waals surface area contributed by atoms with Crippen molar-refractivity contribution < 1.29 is 4.79 Å². The molecule has 5 nitrogen and oxygen atoms in total. The number of aliphatic imine (C=N–C) groups is 1. The summed E-state index contributed by atoms with van der Waals surface area (Å²) in [7, 11) is 0. The Morgan fingerprint density at radius 1 is 1.10 bits per heavy atom. The number of anilines is 2. The molecule has 0 fully saturated rings. The van der Waals surface area contributed by atoms with Crippen LogP contribution in [0.15, 0.2) is 78.3 Å². The van der Waals surface area contributed by atoms with Crippen molar-refractivity contribution in [3.8, 4) is 0 Å². The van der Waals surface area contributed by atoms with Crippen LogP contribution in [0.5, 0.6) is 0 Å². The summed E-state index contributed by atoms with van der Waals surface area (Å²) in [5.41, 5.74) is 11.2. The normalized spacial score (nSPS) is 12.6. The van der Waals surface area contributed by atoms with Crippen LogP contribution < -0.4 is 11.1 Å². The van der Waals surface area contributed by atoms with Crippen LogP contribution >= 0.6 is 11.6 Å². The molecule has 0 spiro atoms. The monoisotopic (exact) mass is 402 g/mol. The molecule has 0 atom stereocenters. The Labute approximate surface area is 174 Å². The van der Waals surface area contributed by atoms with E-state index in [4.69, 9.17) is 17.3 Å². The molecule has 0 bridgehead atoms. The Balaban J connectivity index is 1.46. The minimum atomic E-state index is -0.207. The third-order valence-corrected chi connectivity index (χ3v) is 4.97. The van der Waals surface area contributed by atoms with Crippen LogP contribution in [-0.4, -0.2) is 17.1 Å². The Bertz CT molecular complexity index is 1120. The van der Waals surface area contributed by atoms with Crippen molar-refractivity contribution in [3.63, 3.8) is 0 Å². The summed E-state index contributed by atoms with van der Waals surface area (Å²) in [6.45, 7) is 4.76. The summed E-state index contributed by atoms with van der Waals surface area (Å²) in [4.78, 5) is 18.9. The molecule has 0 saturated heterocycles. The van der Waals surface area contributed by atoms with Gasteiger partial charge in [-0.05, 0) is 48.0 Å². The van der Waals surface area contributed by atoms with Gasteiger partial charge in [0.15, 0.2) is 0 Å². The number of halogens is 1. The second-order valence-electron chi connectivity index (χ2n) is 6.72. The van der Waals surface area contributed by atoms with E-state index in [2.05, 4.69) is 16.9 Å². The lowest BCUT2D eigenvalue weighted by Crippen LogP contribution is -2.22. The van der Waals surface area contributed by atoms with E-state index in [1.54, 1.807) is 30.6 Å². The molecule has 3 aromatic rings. The van der Waals surface area contributed by atoms with Crippen molar-refractivity contribution in [1.29, 1.82) is 0 Å². The van der Waals surface area contributed by atoms with E-state index < -0.39 is 0 Å². The number of amides is 1. The number of nitrogens with zero attached hydrogens (tertiary/aromatic N) is 2. The molecule has 6 heteroatoms. The first-order valence-corrected chi connectivity index (χ1v) is 9.43. The lowest BCUT2D eigenvalue weighted by molar-refractivity contribution is 0.102. The summed E-state index contributed by atoms with van der Waals surface area (Å²) < 4.78 is 0. The minimum Gasteiger partial charge on any atom is -0.397 e. The van der Waals surface area contributed by atoms with Gasteiger partial charge in [-0.2, -0.15) is 0 Å². The number of hydrogen-bond acceptors (Lipinski definition) is 4. The molecule has 1 aliphatic heterocycles. The number of fused-ring (bicyclic) bond motifs is 1. The Morgan fingerprint density at radius 3 is 2.62 bits per heavy atom. The second-order valence-corrected chi connectivity index (χ2v) is 7.16. The maximum absolute atomic E-state index is 12.5. The average Bonchev–Trinajstić information content (AvgIpc) is 2.72. The predicted octanol–water partition coefficient (Wildman–Crippen LogP) is 5.32. The summed E-state index contributed by atoms with van der Waals surface area (Å²) >= 11 is 6.11. The lowest BCUT2D eigenvalue weighted by atomic mass is 10.1. The van der Waals surface area contributed by atoms with Gasteiger partial charge in [-0.1, -0.05) is 42.4 Å². The van der Waals surface area contributed by atoms with Crippen molar-refractivity contribution in [1.82, 2.24) is 4.90 Å². The summed E-state index contributed by atoms with van der Waals surface area (Å²) in [5, 5.41) is 3.48. The number of carbonyl (C=O) groups excluding carboxylic acids is 1. The highest BCUT2D eigenvalue weighted by Crippen LogP contribution is 2.33. The van der Waals surface area contributed by atoms with Crippen LogP contribution in [0.3, 0.4) is 0 Å². The van der Waals surface area contributed by atoms with E-state index in [-0.39, 0.29) is 5.91 Å². The van der Waals surface area contributed by atoms with E-state index in [1.807, 2.05) is 47.4 Å². The van der Waals surface area contributed by atoms with Crippen molar-refractivity contribution in [3.05, 3.63) is 95.0 Å². The van der Waals surface area contributed by atoms with Gasteiger partial charge in [0.2, 0.25) is 0 Å². The lowest BCUT2D eigenvalue weighted by Gasteiger charge is -2.27. The van der Waals surface area contributed by atoms with E-state index >= 15 is 0 Å². The van der Waals surface area contributed by atoms with E-state index in [9.17, 15) is 4.79 Å². The van der Waals surface area contributed by atoms with Crippen LogP contribution in [0, 0.1) is 0 Å². The van der Waals surface area contributed by atoms with Gasteiger partial charge in [0.05, 0.1) is 23.4 Å². The molecule has 0 unspecified atom stereocenters. The topological polar surface area (TPSA) is 70.7 Å². The highest BCUT2D eigenvalue weighted by atomic mass is 35.5. The van der Waals surface area contributed by atoms with Crippen LogP contribution in [0.1, 0.15) is 21.5 Å². The van der Waals surface area contributed by atoms with Gasteiger partial charge in [-0.25, -0.2) is 4.99 Å². The van der Waals surface area contributed by atoms with Gasteiger partial charge in [0.1, 0.15) is 0 Å². The van der Waals surface area contributed by atoms with Gasteiger partial charge in [0.25, 0.3) is 5.91 Å². The molecule has 0 aromatic heterocycles. The molecule has 144 valence electrons. The SMILES string of the molecule is C=C1c2cc(Cl)ccc2N=CN1Cc1ccc(C(=O)Nc2ccccc2N)cc1. The first kappa shape index (κ1) is 18.8. The Hall–Kier alpha value is -3.57. The van der Waals surface area contributed by atoms with Crippen molar-refractivity contribution in [2.75, 3.05) is 11.1 Å². The van der Waals surface area contributed by atoms with Gasteiger partial charge in [-0.15, -0.1) is 0 Å². The number of hydrogen-bond donors (Lipinski definition) is 2. The van der Waals surface area contributed by atoms with Gasteiger partial charge < -0.3 is 16.0 Å². The molecular formula is C23H19ClN4O. The molecular weight excluding hydrogens is 384 g/mol. The molecule has 0 radical (unpaired) electrons. The van der Waals surface area contributed by atoms with Crippen molar-refractivity contribution in [2.24, 2.45) is 4.99 Å². The zero-order valence-electron chi connectivity index (χ0n) is 15.6. The molecule has 0 saturated carbocycles. The third-order valence-electron chi connectivity index (χ3n) is 4.73. The number of nitrogen functional groups attached to an aromatic ring is 1. The minimum absolute atomic E-state index is 0.207. The van der Waals surface area contributed by atoms with E-state index in [1.165, 1.54) is 0 Å². The zero-order chi connectivity index (χ0) is 20.4. The maximum atomic E-state index is 12.5. The molecule has 3 aromatic carbocycles. The summed E-state index contributed by atoms with van der Waals surface area (Å²) in [6.07, 6.45) is 1.76. The summed E-state index contributed by atoms with van der Waals surface area (Å²) in [6, 6.07) is 20.1. The fraction of sp³-hybridized carbons (Fsp3) is 0.0435. The molecule has 3 N–H and O–H groups in total. The van der Waals surface area contributed by atoms with Crippen LogP contribution in [-0.2, 0) is 6.54 Å². The zero-order valence-corrected chi connectivity index (χ0v) is 16.4. The molecule has 29 heavy (non-hydrogen) atoms. The first-order chi connectivity index (χ1) is 14.0. The van der Waals surface area contributed by atoms with E-state index in [0.29, 0.717) is 28.5 Å². The highest BCUT2D eigenvalue weighted by molar-refractivity contribution is 6.30. The molecule has 0 aliphatic carbocycles. The van der Waals surface area contributed by atoms with E-state index in [0.717, 1.165) is 22.5 Å². The largest absolute Gasteiger partial charge is 0.397 e. The Kier molecular flexibility index (Phi) is 5.06. The van der Waals surface area contributed by atoms with Gasteiger partial charge >= 0.3 is 0 Å². The maximum Gasteiger partial charge on any atom is 0.255 e. The van der Waals surface area contributed by atoms with Crippen molar-refractivity contribution >= 4 is 46.6 Å². The summed E-state index contributed by atoms with van der Waals surface area (Å²) in [5.74, 6) is -0.207. The smallest absolute Gasteiger partial charge is 0.255 e. The fourth-order valence-corrected chi connectivity index (χ4v) is 3.28. The molecule has 1 aliphatic rings. The van der Waals surface area contributed by atoms with Crippen molar-refractivity contribution in [2.45, 2.75) is 6.54 Å². The number of rotatable bonds is 4. The average molecular weight is 403 g/mol. The second kappa shape index (κ2) is 7.81. The number of nitrogens with one attached hydrogen (secondary N) is 1. The van der Waals surface area contributed by atoms with Crippen LogP contribution in [0.25, 0.3) is 5.70 Å². The first-order valence-electron chi connectivity index (χ1n) is 9.06. The number of nitrogens with two attached hydrogens (primary N) is 1. The highest BCUT2D eigenvalue weighted by Gasteiger charge is 2.17. The van der Waals surface area contributed by atoms with Gasteiger partial charge in [-0.3, -0.25) is 4.79 Å². The van der Waals surface area contributed by atoms with Gasteiger partial charge in [0, 0.05) is 28.4 Å². The molecule has 1 amide bonds. The molecule has 4 rings (SSSR count). The Morgan fingerprint density at radius 2 is 1.86 bits per heavy atom. The quantitative estimate of drug-likeness (QED) is 0.580. The van der Waals surface area contributed by atoms with Crippen LogP contribution in [0.4, 0.5) is 17.1 Å². The third kappa shape index (κ3) is 4.00. The number of carbonyl (C=O) groups is 1. The number of benzene rings is 3. The standard InChI is InChI=1S/C23H19ClN4O/c1-15-19-12-18(24)10-11-21(19)26-14-28(15)13-16-6-8-17(9-7-16)23(29)27-22-5-3-2-4-20(22)25/h2-12,14H,1,13,25H2,(H,27,29). The van der Waals surface area contributed by atoms with Crippen LogP contribution in [0.2, 0.25) is 5.02 Å². The fourth-order valence-electron chi connectivity index (χ4n) is 3.11. The number of para-hydroxylation sites is 2.